The second kappa shape index (κ2) is 7.43. The van der Waals surface area contributed by atoms with Crippen molar-refractivity contribution in [2.45, 2.75) is 20.4 Å². The summed E-state index contributed by atoms with van der Waals surface area (Å²) in [6.07, 6.45) is 7.23. The van der Waals surface area contributed by atoms with E-state index in [1.165, 1.54) is 0 Å². The number of amides is 1. The van der Waals surface area contributed by atoms with Crippen molar-refractivity contribution in [3.05, 3.63) is 60.4 Å². The molecule has 0 spiro atoms. The minimum absolute atomic E-state index is 0.00472. The van der Waals surface area contributed by atoms with Gasteiger partial charge in [-0.2, -0.15) is 5.10 Å². The van der Waals surface area contributed by atoms with Gasteiger partial charge < -0.3 is 4.90 Å². The lowest BCUT2D eigenvalue weighted by Crippen LogP contribution is -2.26. The smallest absolute Gasteiger partial charge is 0.243 e. The van der Waals surface area contributed by atoms with Crippen LogP contribution in [0.4, 0.5) is 0 Å². The summed E-state index contributed by atoms with van der Waals surface area (Å²) in [5.74, 6) is 0.00472. The second-order valence-corrected chi connectivity index (χ2v) is 7.24. The Hall–Kier alpha value is -3.61. The van der Waals surface area contributed by atoms with Crippen molar-refractivity contribution in [1.29, 1.82) is 0 Å². The van der Waals surface area contributed by atoms with Crippen LogP contribution in [0.25, 0.3) is 33.3 Å². The average molecular weight is 386 g/mol. The molecule has 0 bridgehead atoms. The lowest BCUT2D eigenvalue weighted by atomic mass is 10.0. The maximum Gasteiger partial charge on any atom is 0.243 e. The van der Waals surface area contributed by atoms with Gasteiger partial charge in [-0.25, -0.2) is 9.97 Å². The number of carbonyl (C=O) groups is 1. The molecule has 0 unspecified atom stereocenters. The van der Waals surface area contributed by atoms with E-state index in [1.54, 1.807) is 36.1 Å². The van der Waals surface area contributed by atoms with E-state index < -0.39 is 0 Å². The van der Waals surface area contributed by atoms with Gasteiger partial charge in [0.1, 0.15) is 12.1 Å². The van der Waals surface area contributed by atoms with E-state index in [2.05, 4.69) is 15.1 Å². The summed E-state index contributed by atoms with van der Waals surface area (Å²) in [6, 6.07) is 8.17. The molecule has 0 saturated carbocycles. The summed E-state index contributed by atoms with van der Waals surface area (Å²) < 4.78 is 1.65. The van der Waals surface area contributed by atoms with E-state index in [0.717, 1.165) is 44.7 Å². The normalized spacial score (nSPS) is 11.0. The quantitative estimate of drug-likeness (QED) is 0.538. The fourth-order valence-corrected chi connectivity index (χ4v) is 3.08. The van der Waals surface area contributed by atoms with Gasteiger partial charge in [-0.05, 0) is 25.0 Å². The first-order chi connectivity index (χ1) is 13.9. The number of carbonyl (C=O) groups excluding carboxylic acids is 1. The summed E-state index contributed by atoms with van der Waals surface area (Å²) in [5, 5.41) is 4.30. The summed E-state index contributed by atoms with van der Waals surface area (Å²) in [7, 11) is 3.47. The van der Waals surface area contributed by atoms with Crippen LogP contribution in [0.2, 0.25) is 0 Å². The van der Waals surface area contributed by atoms with Crippen LogP contribution in [-0.4, -0.2) is 49.6 Å². The molecule has 0 aliphatic heterocycles. The molecule has 1 aromatic carbocycles. The highest BCUT2D eigenvalue weighted by Crippen LogP contribution is 2.28. The molecule has 4 aromatic rings. The summed E-state index contributed by atoms with van der Waals surface area (Å²) >= 11 is 0. The van der Waals surface area contributed by atoms with Crippen LogP contribution in [0, 0.1) is 13.8 Å². The molecule has 0 saturated heterocycles. The fraction of sp³-hybridized carbons (Fsp3) is 0.227. The van der Waals surface area contributed by atoms with Gasteiger partial charge in [0.25, 0.3) is 0 Å². The Morgan fingerprint density at radius 3 is 2.34 bits per heavy atom. The molecule has 3 aromatic heterocycles. The maximum atomic E-state index is 11.9. The zero-order valence-corrected chi connectivity index (χ0v) is 16.9. The molecule has 7 heteroatoms. The van der Waals surface area contributed by atoms with Crippen molar-refractivity contribution in [3.8, 4) is 22.3 Å². The van der Waals surface area contributed by atoms with Gasteiger partial charge in [0.2, 0.25) is 5.91 Å². The summed E-state index contributed by atoms with van der Waals surface area (Å²) in [4.78, 5) is 27.1. The molecular formula is C22H22N6O. The number of fused-ring (bicyclic) bond motifs is 1. The number of aromatic nitrogens is 5. The number of aryl methyl sites for hydroxylation is 2. The average Bonchev–Trinajstić information content (AvgIpc) is 3.17. The van der Waals surface area contributed by atoms with E-state index in [9.17, 15) is 4.79 Å². The van der Waals surface area contributed by atoms with E-state index in [0.29, 0.717) is 0 Å². The van der Waals surface area contributed by atoms with E-state index >= 15 is 0 Å². The van der Waals surface area contributed by atoms with Crippen molar-refractivity contribution >= 4 is 16.9 Å². The molecule has 0 aliphatic carbocycles. The van der Waals surface area contributed by atoms with Crippen LogP contribution in [0.1, 0.15) is 11.4 Å². The lowest BCUT2D eigenvalue weighted by Gasteiger charge is -2.09. The second-order valence-electron chi connectivity index (χ2n) is 7.24. The zero-order chi connectivity index (χ0) is 20.5. The van der Waals surface area contributed by atoms with Crippen LogP contribution >= 0.6 is 0 Å². The Labute approximate surface area is 169 Å². The van der Waals surface area contributed by atoms with Gasteiger partial charge in [0, 0.05) is 37.6 Å². The molecular weight excluding hydrogens is 364 g/mol. The monoisotopic (exact) mass is 386 g/mol. The Kier molecular flexibility index (Phi) is 4.80. The molecule has 0 radical (unpaired) electrons. The SMILES string of the molecule is Cc1nc2cncc(-c3ccc(-c4cnn(CC(=O)N(C)C)c4)cc3)c2nc1C. The molecule has 29 heavy (non-hydrogen) atoms. The molecule has 4 rings (SSSR count). The third kappa shape index (κ3) is 3.71. The predicted molar refractivity (Wildman–Crippen MR) is 112 cm³/mol. The van der Waals surface area contributed by atoms with Crippen molar-refractivity contribution in [3.63, 3.8) is 0 Å². The van der Waals surface area contributed by atoms with Gasteiger partial charge >= 0.3 is 0 Å². The first kappa shape index (κ1) is 18.7. The molecule has 1 amide bonds. The number of pyridine rings is 1. The number of hydrogen-bond donors (Lipinski definition) is 0. The molecule has 7 nitrogen and oxygen atoms in total. The standard InChI is InChI=1S/C22H22N6O/c1-14-15(2)26-22-19(10-23-11-20(22)25-14)17-7-5-16(6-8-17)18-9-24-28(12-18)13-21(29)27(3)4/h5-12H,13H2,1-4H3. The Morgan fingerprint density at radius 2 is 1.62 bits per heavy atom. The maximum absolute atomic E-state index is 11.9. The van der Waals surface area contributed by atoms with Crippen molar-refractivity contribution in [1.82, 2.24) is 29.6 Å². The first-order valence-electron chi connectivity index (χ1n) is 9.35. The van der Waals surface area contributed by atoms with Crippen molar-refractivity contribution in [2.75, 3.05) is 14.1 Å². The van der Waals surface area contributed by atoms with E-state index in [1.807, 2.05) is 50.5 Å². The Bertz CT molecular complexity index is 1190. The third-order valence-electron chi connectivity index (χ3n) is 4.95. The van der Waals surface area contributed by atoms with Gasteiger partial charge in [0.05, 0.1) is 29.3 Å². The molecule has 0 aliphatic rings. The van der Waals surface area contributed by atoms with Crippen molar-refractivity contribution in [2.24, 2.45) is 0 Å². The lowest BCUT2D eigenvalue weighted by molar-refractivity contribution is -0.129. The summed E-state index contributed by atoms with van der Waals surface area (Å²) in [6.45, 7) is 4.15. The van der Waals surface area contributed by atoms with Crippen LogP contribution in [0.5, 0.6) is 0 Å². The van der Waals surface area contributed by atoms with Gasteiger partial charge in [-0.1, -0.05) is 24.3 Å². The third-order valence-corrected chi connectivity index (χ3v) is 4.95. The Morgan fingerprint density at radius 1 is 0.931 bits per heavy atom. The van der Waals surface area contributed by atoms with E-state index in [4.69, 9.17) is 4.98 Å². The molecule has 0 atom stereocenters. The number of rotatable bonds is 4. The minimum Gasteiger partial charge on any atom is -0.347 e. The molecule has 0 fully saturated rings. The first-order valence-corrected chi connectivity index (χ1v) is 9.35. The highest BCUT2D eigenvalue weighted by molar-refractivity contribution is 5.91. The predicted octanol–water partition coefficient (Wildman–Crippen LogP) is 3.26. The van der Waals surface area contributed by atoms with E-state index in [-0.39, 0.29) is 12.5 Å². The minimum atomic E-state index is 0.00472. The number of likely N-dealkylation sites (N-methyl/N-ethyl adjacent to an activating group) is 1. The molecule has 3 heterocycles. The summed E-state index contributed by atoms with van der Waals surface area (Å²) in [5.41, 5.74) is 7.45. The van der Waals surface area contributed by atoms with Gasteiger partial charge in [-0.3, -0.25) is 14.5 Å². The highest BCUT2D eigenvalue weighted by atomic mass is 16.2. The highest BCUT2D eigenvalue weighted by Gasteiger charge is 2.11. The van der Waals surface area contributed by atoms with Gasteiger partial charge in [-0.15, -0.1) is 0 Å². The zero-order valence-electron chi connectivity index (χ0n) is 16.9. The number of nitrogens with zero attached hydrogens (tertiary/aromatic N) is 6. The largest absolute Gasteiger partial charge is 0.347 e. The van der Waals surface area contributed by atoms with Crippen LogP contribution in [-0.2, 0) is 11.3 Å². The molecule has 146 valence electrons. The van der Waals surface area contributed by atoms with Crippen LogP contribution in [0.3, 0.4) is 0 Å². The Balaban J connectivity index is 1.64. The van der Waals surface area contributed by atoms with Gasteiger partial charge in [0.15, 0.2) is 0 Å². The van der Waals surface area contributed by atoms with Crippen LogP contribution < -0.4 is 0 Å². The number of benzene rings is 1. The fourth-order valence-electron chi connectivity index (χ4n) is 3.08. The molecule has 0 N–H and O–H groups in total. The number of hydrogen-bond acceptors (Lipinski definition) is 5. The van der Waals surface area contributed by atoms with Crippen LogP contribution in [0.15, 0.2) is 49.1 Å². The van der Waals surface area contributed by atoms with Crippen molar-refractivity contribution < 1.29 is 4.79 Å². The topological polar surface area (TPSA) is 76.8 Å².